The van der Waals surface area contributed by atoms with Crippen LogP contribution in [0.15, 0.2) is 47.5 Å². The Kier molecular flexibility index (Phi) is 4.70. The zero-order valence-electron chi connectivity index (χ0n) is 12.8. The van der Waals surface area contributed by atoms with E-state index in [-0.39, 0.29) is 6.54 Å². The predicted octanol–water partition coefficient (Wildman–Crippen LogP) is 3.74. The zero-order valence-corrected chi connectivity index (χ0v) is 14.4. The first-order valence-electron chi connectivity index (χ1n) is 7.09. The fourth-order valence-electron chi connectivity index (χ4n) is 2.37. The summed E-state index contributed by atoms with van der Waals surface area (Å²) in [7, 11) is 1.60. The predicted molar refractivity (Wildman–Crippen MR) is 96.5 cm³/mol. The summed E-state index contributed by atoms with van der Waals surface area (Å²) in [4.78, 5) is 17.2. The number of ether oxygens (including phenoxy) is 1. The third-order valence-corrected chi connectivity index (χ3v) is 4.81. The van der Waals surface area contributed by atoms with Crippen LogP contribution in [-0.4, -0.2) is 17.6 Å². The molecule has 0 bridgehead atoms. The highest BCUT2D eigenvalue weighted by Gasteiger charge is 2.13. The first-order chi connectivity index (χ1) is 11.7. The number of amides is 1. The Bertz CT molecular complexity index is 1030. The molecule has 4 nitrogen and oxygen atoms in total. The summed E-state index contributed by atoms with van der Waals surface area (Å²) in [6.45, 7) is 0.287. The van der Waals surface area contributed by atoms with Crippen molar-refractivity contribution in [3.8, 4) is 18.1 Å². The molecule has 0 spiro atoms. The van der Waals surface area contributed by atoms with Gasteiger partial charge in [0.1, 0.15) is 11.3 Å². The van der Waals surface area contributed by atoms with Gasteiger partial charge in [-0.25, -0.2) is 0 Å². The van der Waals surface area contributed by atoms with Crippen molar-refractivity contribution in [1.82, 2.24) is 4.57 Å². The number of fused-ring (bicyclic) bond motifs is 1. The summed E-state index contributed by atoms with van der Waals surface area (Å²) < 4.78 is 8.15. The normalized spacial score (nSPS) is 11.5. The second-order valence-corrected chi connectivity index (χ2v) is 6.30. The number of hydrogen-bond acceptors (Lipinski definition) is 3. The average Bonchev–Trinajstić information content (AvgIpc) is 2.93. The number of carbonyl (C=O) groups is 1. The second-order valence-electron chi connectivity index (χ2n) is 4.88. The fourth-order valence-corrected chi connectivity index (χ4v) is 3.63. The highest BCUT2D eigenvalue weighted by atomic mass is 35.5. The molecule has 0 fully saturated rings. The van der Waals surface area contributed by atoms with Gasteiger partial charge >= 0.3 is 0 Å². The maximum atomic E-state index is 12.5. The summed E-state index contributed by atoms with van der Waals surface area (Å²) in [5, 5.41) is 0.369. The number of aromatic nitrogens is 1. The Morgan fingerprint density at radius 3 is 2.83 bits per heavy atom. The van der Waals surface area contributed by atoms with Gasteiger partial charge in [0, 0.05) is 0 Å². The molecule has 0 saturated heterocycles. The number of rotatable bonds is 3. The lowest BCUT2D eigenvalue weighted by Crippen LogP contribution is -2.17. The van der Waals surface area contributed by atoms with Crippen LogP contribution in [0.2, 0.25) is 5.02 Å². The number of benzene rings is 2. The van der Waals surface area contributed by atoms with Crippen LogP contribution in [0.5, 0.6) is 5.75 Å². The maximum absolute atomic E-state index is 12.5. The summed E-state index contributed by atoms with van der Waals surface area (Å²) in [6, 6.07) is 12.5. The van der Waals surface area contributed by atoms with Crippen LogP contribution in [0.4, 0.5) is 0 Å². The number of hydrogen-bond donors (Lipinski definition) is 0. The van der Waals surface area contributed by atoms with Gasteiger partial charge < -0.3 is 9.30 Å². The van der Waals surface area contributed by atoms with E-state index in [9.17, 15) is 4.79 Å². The van der Waals surface area contributed by atoms with Crippen LogP contribution in [0.1, 0.15) is 10.4 Å². The van der Waals surface area contributed by atoms with E-state index < -0.39 is 5.91 Å². The quantitative estimate of drug-likeness (QED) is 0.671. The highest BCUT2D eigenvalue weighted by molar-refractivity contribution is 7.16. The minimum absolute atomic E-state index is 0.287. The molecule has 1 aromatic heterocycles. The molecule has 0 radical (unpaired) electrons. The van der Waals surface area contributed by atoms with Gasteiger partial charge in [-0.15, -0.1) is 6.42 Å². The molecule has 3 aromatic rings. The Morgan fingerprint density at radius 2 is 2.12 bits per heavy atom. The SMILES string of the molecule is C#CCn1c(=NC(=O)c2ccccc2Cl)sc2cccc(OC)c21. The minimum atomic E-state index is -0.406. The lowest BCUT2D eigenvalue weighted by atomic mass is 10.2. The molecule has 0 N–H and O–H groups in total. The molecular weight excluding hydrogens is 344 g/mol. The maximum Gasteiger partial charge on any atom is 0.281 e. The summed E-state index contributed by atoms with van der Waals surface area (Å²) in [5.74, 6) is 2.88. The van der Waals surface area contributed by atoms with Crippen LogP contribution < -0.4 is 9.54 Å². The van der Waals surface area contributed by atoms with Gasteiger partial charge in [-0.1, -0.05) is 47.1 Å². The minimum Gasteiger partial charge on any atom is -0.495 e. The second kappa shape index (κ2) is 6.91. The van der Waals surface area contributed by atoms with E-state index in [1.54, 1.807) is 35.9 Å². The van der Waals surface area contributed by atoms with Crippen molar-refractivity contribution < 1.29 is 9.53 Å². The monoisotopic (exact) mass is 356 g/mol. The molecule has 1 heterocycles. The van der Waals surface area contributed by atoms with E-state index in [0.717, 1.165) is 10.2 Å². The van der Waals surface area contributed by atoms with Crippen molar-refractivity contribution in [2.24, 2.45) is 4.99 Å². The Labute approximate surface area is 148 Å². The third kappa shape index (κ3) is 2.94. The summed E-state index contributed by atoms with van der Waals surface area (Å²) in [6.07, 6.45) is 5.48. The topological polar surface area (TPSA) is 43.6 Å². The number of halogens is 1. The highest BCUT2D eigenvalue weighted by Crippen LogP contribution is 2.27. The lowest BCUT2D eigenvalue weighted by Gasteiger charge is -2.05. The number of terminal acetylenes is 1. The van der Waals surface area contributed by atoms with Crippen molar-refractivity contribution >= 4 is 39.1 Å². The first kappa shape index (κ1) is 16.3. The van der Waals surface area contributed by atoms with Crippen molar-refractivity contribution in [2.75, 3.05) is 7.11 Å². The molecular formula is C18H13ClN2O2S. The number of para-hydroxylation sites is 1. The van der Waals surface area contributed by atoms with E-state index in [1.165, 1.54) is 11.3 Å². The van der Waals surface area contributed by atoms with Gasteiger partial charge in [0.25, 0.3) is 5.91 Å². The molecule has 3 rings (SSSR count). The molecule has 1 amide bonds. The van der Waals surface area contributed by atoms with Crippen molar-refractivity contribution in [3.63, 3.8) is 0 Å². The molecule has 0 aliphatic carbocycles. The van der Waals surface area contributed by atoms with E-state index in [2.05, 4.69) is 10.9 Å². The molecule has 0 saturated carbocycles. The Hall–Kier alpha value is -2.55. The van der Waals surface area contributed by atoms with Crippen molar-refractivity contribution in [1.29, 1.82) is 0 Å². The number of thiazole rings is 1. The van der Waals surface area contributed by atoms with Gasteiger partial charge in [-0.2, -0.15) is 4.99 Å². The average molecular weight is 357 g/mol. The van der Waals surface area contributed by atoms with Gasteiger partial charge in [-0.3, -0.25) is 4.79 Å². The van der Waals surface area contributed by atoms with Crippen LogP contribution in [0, 0.1) is 12.3 Å². The van der Waals surface area contributed by atoms with E-state index in [0.29, 0.717) is 21.1 Å². The molecule has 0 aliphatic rings. The third-order valence-electron chi connectivity index (χ3n) is 3.43. The molecule has 2 aromatic carbocycles. The molecule has 24 heavy (non-hydrogen) atoms. The fraction of sp³-hybridized carbons (Fsp3) is 0.111. The van der Waals surface area contributed by atoms with Crippen LogP contribution in [0.25, 0.3) is 10.2 Å². The van der Waals surface area contributed by atoms with Gasteiger partial charge in [-0.05, 0) is 24.3 Å². The molecule has 120 valence electrons. The lowest BCUT2D eigenvalue weighted by molar-refractivity contribution is 0.0998. The van der Waals surface area contributed by atoms with E-state index in [4.69, 9.17) is 22.8 Å². The Morgan fingerprint density at radius 1 is 1.33 bits per heavy atom. The van der Waals surface area contributed by atoms with Gasteiger partial charge in [0.2, 0.25) is 0 Å². The van der Waals surface area contributed by atoms with Gasteiger partial charge in [0.15, 0.2) is 4.80 Å². The van der Waals surface area contributed by atoms with Crippen LogP contribution >= 0.6 is 22.9 Å². The molecule has 0 aliphatic heterocycles. The standard InChI is InChI=1S/C18H13ClN2O2S/c1-3-11-21-16-14(23-2)9-6-10-15(16)24-18(21)20-17(22)12-7-4-5-8-13(12)19/h1,4-10H,11H2,2H3. The number of methoxy groups -OCH3 is 1. The smallest absolute Gasteiger partial charge is 0.281 e. The summed E-state index contributed by atoms with van der Waals surface area (Å²) in [5.41, 5.74) is 1.18. The van der Waals surface area contributed by atoms with Crippen molar-refractivity contribution in [2.45, 2.75) is 6.54 Å². The van der Waals surface area contributed by atoms with Crippen molar-refractivity contribution in [3.05, 3.63) is 57.9 Å². The summed E-state index contributed by atoms with van der Waals surface area (Å²) >= 11 is 7.46. The zero-order chi connectivity index (χ0) is 17.1. The molecule has 0 atom stereocenters. The van der Waals surface area contributed by atoms with Crippen LogP contribution in [0.3, 0.4) is 0 Å². The number of nitrogens with zero attached hydrogens (tertiary/aromatic N) is 2. The molecule has 6 heteroatoms. The first-order valence-corrected chi connectivity index (χ1v) is 8.28. The number of carbonyl (C=O) groups excluding carboxylic acids is 1. The van der Waals surface area contributed by atoms with Crippen LogP contribution in [-0.2, 0) is 6.54 Å². The van der Waals surface area contributed by atoms with Gasteiger partial charge in [0.05, 0.1) is 28.9 Å². The van der Waals surface area contributed by atoms with E-state index >= 15 is 0 Å². The Balaban J connectivity index is 2.23. The largest absolute Gasteiger partial charge is 0.495 e. The molecule has 0 unspecified atom stereocenters. The van der Waals surface area contributed by atoms with E-state index in [1.807, 2.05) is 18.2 Å².